The lowest BCUT2D eigenvalue weighted by Gasteiger charge is -2.28. The first-order valence-corrected chi connectivity index (χ1v) is 13.9. The Hall–Kier alpha value is -4.13. The molecule has 13 nitrogen and oxygen atoms in total. The lowest BCUT2D eigenvalue weighted by Crippen LogP contribution is -2.59. The highest BCUT2D eigenvalue weighted by Crippen LogP contribution is 2.19. The second-order valence-electron chi connectivity index (χ2n) is 10.6. The number of H-pyrrole nitrogens is 1. The molecular weight excluding hydrogens is 528 g/mol. The summed E-state index contributed by atoms with van der Waals surface area (Å²) in [6.07, 6.45) is 2.88. The molecule has 11 N–H and O–H groups in total. The number of aliphatic imine (C=N–C) groups is 1. The molecule has 3 amide bonds. The fourth-order valence-corrected chi connectivity index (χ4v) is 4.32. The van der Waals surface area contributed by atoms with E-state index in [1.54, 1.807) is 20.0 Å². The predicted molar refractivity (Wildman–Crippen MR) is 158 cm³/mol. The number of carbonyl (C=O) groups is 4. The maximum absolute atomic E-state index is 13.4. The normalized spacial score (nSPS) is 14.9. The fraction of sp³-hybridized carbons (Fsp3) is 0.536. The summed E-state index contributed by atoms with van der Waals surface area (Å²) in [6.45, 7) is 7.48. The first kappa shape index (κ1) is 33.1. The molecular formula is C28H44N8O5. The van der Waals surface area contributed by atoms with Gasteiger partial charge in [-0.05, 0) is 36.3 Å². The number of para-hydroxylation sites is 1. The van der Waals surface area contributed by atoms with Gasteiger partial charge in [0.1, 0.15) is 18.1 Å². The minimum absolute atomic E-state index is 0.0257. The molecule has 0 radical (unpaired) electrons. The van der Waals surface area contributed by atoms with Crippen LogP contribution >= 0.6 is 0 Å². The van der Waals surface area contributed by atoms with Crippen molar-refractivity contribution >= 4 is 40.6 Å². The van der Waals surface area contributed by atoms with Crippen LogP contribution < -0.4 is 33.2 Å². The first-order chi connectivity index (χ1) is 19.3. The lowest BCUT2D eigenvalue weighted by atomic mass is 9.97. The summed E-state index contributed by atoms with van der Waals surface area (Å²) in [6, 6.07) is 3.31. The quantitative estimate of drug-likeness (QED) is 0.0791. The molecule has 0 saturated heterocycles. The monoisotopic (exact) mass is 572 g/mol. The number of guanidine groups is 1. The molecule has 2 aromatic rings. The van der Waals surface area contributed by atoms with Gasteiger partial charge in [0.05, 0.1) is 6.04 Å². The number of benzene rings is 1. The molecule has 2 rings (SSSR count). The van der Waals surface area contributed by atoms with Crippen molar-refractivity contribution in [3.05, 3.63) is 36.0 Å². The van der Waals surface area contributed by atoms with Crippen molar-refractivity contribution in [2.24, 2.45) is 34.0 Å². The van der Waals surface area contributed by atoms with Gasteiger partial charge in [0.25, 0.3) is 0 Å². The smallest absolute Gasteiger partial charge is 0.326 e. The van der Waals surface area contributed by atoms with Gasteiger partial charge < -0.3 is 43.2 Å². The van der Waals surface area contributed by atoms with Gasteiger partial charge in [0, 0.05) is 30.1 Å². The van der Waals surface area contributed by atoms with Gasteiger partial charge in [0.2, 0.25) is 17.7 Å². The molecule has 1 aromatic heterocycles. The molecule has 1 aromatic carbocycles. The van der Waals surface area contributed by atoms with E-state index in [1.807, 2.05) is 38.1 Å². The van der Waals surface area contributed by atoms with Gasteiger partial charge in [-0.2, -0.15) is 0 Å². The Bertz CT molecular complexity index is 1220. The van der Waals surface area contributed by atoms with Gasteiger partial charge in [-0.3, -0.25) is 19.4 Å². The zero-order valence-electron chi connectivity index (χ0n) is 24.1. The minimum atomic E-state index is -1.26. The predicted octanol–water partition coefficient (Wildman–Crippen LogP) is 0.332. The number of hydrogen-bond acceptors (Lipinski definition) is 6. The second-order valence-corrected chi connectivity index (χ2v) is 10.6. The molecule has 5 atom stereocenters. The van der Waals surface area contributed by atoms with E-state index in [9.17, 15) is 24.3 Å². The van der Waals surface area contributed by atoms with Gasteiger partial charge in [-0.1, -0.05) is 52.3 Å². The third kappa shape index (κ3) is 9.78. The first-order valence-electron chi connectivity index (χ1n) is 13.9. The van der Waals surface area contributed by atoms with Gasteiger partial charge in [-0.15, -0.1) is 0 Å². The van der Waals surface area contributed by atoms with Crippen molar-refractivity contribution in [2.45, 2.75) is 77.5 Å². The molecule has 0 aliphatic heterocycles. The molecule has 0 aliphatic carbocycles. The van der Waals surface area contributed by atoms with Crippen LogP contribution in [0, 0.1) is 11.8 Å². The van der Waals surface area contributed by atoms with Gasteiger partial charge in [0.15, 0.2) is 5.96 Å². The van der Waals surface area contributed by atoms with Gasteiger partial charge in [-0.25, -0.2) is 4.79 Å². The average Bonchev–Trinajstić information content (AvgIpc) is 3.33. The molecule has 226 valence electrons. The van der Waals surface area contributed by atoms with E-state index in [1.165, 1.54) is 0 Å². The molecule has 1 heterocycles. The average molecular weight is 573 g/mol. The fourth-order valence-electron chi connectivity index (χ4n) is 4.32. The van der Waals surface area contributed by atoms with Gasteiger partial charge >= 0.3 is 5.97 Å². The minimum Gasteiger partial charge on any atom is -0.480 e. The number of nitrogens with two attached hydrogens (primary N) is 3. The number of amides is 3. The van der Waals surface area contributed by atoms with E-state index in [2.05, 4.69) is 25.9 Å². The lowest BCUT2D eigenvalue weighted by molar-refractivity contribution is -0.142. The number of hydrogen-bond donors (Lipinski definition) is 8. The number of carboxylic acids is 1. The van der Waals surface area contributed by atoms with E-state index in [4.69, 9.17) is 17.2 Å². The molecule has 13 heteroatoms. The summed E-state index contributed by atoms with van der Waals surface area (Å²) < 4.78 is 0. The summed E-state index contributed by atoms with van der Waals surface area (Å²) in [5, 5.41) is 18.7. The third-order valence-corrected chi connectivity index (χ3v) is 7.10. The Balaban J connectivity index is 2.21. The van der Waals surface area contributed by atoms with Crippen molar-refractivity contribution in [1.82, 2.24) is 20.9 Å². The van der Waals surface area contributed by atoms with E-state index in [-0.39, 0.29) is 37.2 Å². The number of aromatic nitrogens is 1. The largest absolute Gasteiger partial charge is 0.480 e. The number of carboxylic acid groups (broad SMARTS) is 1. The van der Waals surface area contributed by atoms with Crippen molar-refractivity contribution in [3.8, 4) is 0 Å². The number of carbonyl (C=O) groups excluding carboxylic acids is 3. The van der Waals surface area contributed by atoms with Crippen LogP contribution in [0.15, 0.2) is 35.5 Å². The maximum Gasteiger partial charge on any atom is 0.326 e. The topological polar surface area (TPSA) is 231 Å². The van der Waals surface area contributed by atoms with Crippen LogP contribution in [-0.2, 0) is 25.6 Å². The Kier molecular flexibility index (Phi) is 12.6. The van der Waals surface area contributed by atoms with Crippen molar-refractivity contribution < 1.29 is 24.3 Å². The van der Waals surface area contributed by atoms with Crippen LogP contribution in [0.5, 0.6) is 0 Å². The zero-order chi connectivity index (χ0) is 30.7. The standard InChI is InChI=1S/C28H44N8O5/c1-5-16(4)22(29)25(38)36-23(15(2)3)26(39)34-20(11-8-12-32-28(30)31)24(37)35-21(27(40)41)13-17-14-33-19-10-7-6-9-18(17)19/h6-7,9-10,14-16,20-23,33H,5,8,11-13,29H2,1-4H3,(H,34,39)(H,35,37)(H,36,38)(H,40,41)(H4,30,31,32). The number of nitrogens with zero attached hydrogens (tertiary/aromatic N) is 1. The molecule has 5 unspecified atom stereocenters. The summed E-state index contributed by atoms with van der Waals surface area (Å²) in [5.41, 5.74) is 18.4. The van der Waals surface area contributed by atoms with E-state index >= 15 is 0 Å². The van der Waals surface area contributed by atoms with Crippen LogP contribution in [0.4, 0.5) is 0 Å². The highest BCUT2D eigenvalue weighted by atomic mass is 16.4. The Labute approximate surface area is 240 Å². The molecule has 41 heavy (non-hydrogen) atoms. The van der Waals surface area contributed by atoms with Crippen molar-refractivity contribution in [2.75, 3.05) is 6.54 Å². The number of nitrogens with one attached hydrogen (secondary N) is 4. The van der Waals surface area contributed by atoms with Crippen molar-refractivity contribution in [1.29, 1.82) is 0 Å². The third-order valence-electron chi connectivity index (χ3n) is 7.10. The summed E-state index contributed by atoms with van der Waals surface area (Å²) in [4.78, 5) is 58.5. The Morgan fingerprint density at radius 1 is 0.976 bits per heavy atom. The van der Waals surface area contributed by atoms with E-state index < -0.39 is 47.9 Å². The molecule has 0 aliphatic rings. The number of aromatic amines is 1. The molecule has 0 saturated carbocycles. The van der Waals surface area contributed by atoms with Crippen molar-refractivity contribution in [3.63, 3.8) is 0 Å². The van der Waals surface area contributed by atoms with E-state index in [0.717, 1.165) is 16.5 Å². The Morgan fingerprint density at radius 3 is 2.24 bits per heavy atom. The SMILES string of the molecule is CCC(C)C(N)C(=O)NC(C(=O)NC(CCCN=C(N)N)C(=O)NC(Cc1c[nH]c2ccccc12)C(=O)O)C(C)C. The highest BCUT2D eigenvalue weighted by molar-refractivity contribution is 5.94. The number of rotatable bonds is 16. The summed E-state index contributed by atoms with van der Waals surface area (Å²) in [7, 11) is 0. The maximum atomic E-state index is 13.4. The number of fused-ring (bicyclic) bond motifs is 1. The summed E-state index contributed by atoms with van der Waals surface area (Å²) >= 11 is 0. The van der Waals surface area contributed by atoms with Crippen LogP contribution in [0.1, 0.15) is 52.5 Å². The second kappa shape index (κ2) is 15.6. The molecule has 0 spiro atoms. The Morgan fingerprint density at radius 2 is 1.63 bits per heavy atom. The van der Waals surface area contributed by atoms with Crippen LogP contribution in [-0.4, -0.2) is 70.5 Å². The summed E-state index contributed by atoms with van der Waals surface area (Å²) in [5.74, 6) is -3.48. The number of aliphatic carboxylic acids is 1. The van der Waals surface area contributed by atoms with Crippen LogP contribution in [0.3, 0.4) is 0 Å². The van der Waals surface area contributed by atoms with E-state index in [0.29, 0.717) is 12.8 Å². The van der Waals surface area contributed by atoms with Crippen LogP contribution in [0.25, 0.3) is 10.9 Å². The van der Waals surface area contributed by atoms with Crippen LogP contribution in [0.2, 0.25) is 0 Å². The zero-order valence-corrected chi connectivity index (χ0v) is 24.1. The molecule has 0 bridgehead atoms. The highest BCUT2D eigenvalue weighted by Gasteiger charge is 2.32. The molecule has 0 fully saturated rings.